The van der Waals surface area contributed by atoms with Gasteiger partial charge in [-0.2, -0.15) is 0 Å². The molecule has 0 heterocycles. The highest BCUT2D eigenvalue weighted by Crippen LogP contribution is 2.28. The van der Waals surface area contributed by atoms with E-state index in [0.717, 1.165) is 0 Å². The molecule has 8 nitrogen and oxygen atoms in total. The number of nitro groups is 1. The van der Waals surface area contributed by atoms with Gasteiger partial charge in [0.25, 0.3) is 11.6 Å². The molecule has 0 spiro atoms. The molecule has 1 N–H and O–H groups in total. The van der Waals surface area contributed by atoms with Crippen LogP contribution in [-0.4, -0.2) is 30.5 Å². The molecule has 2 rings (SSSR count). The van der Waals surface area contributed by atoms with Crippen molar-refractivity contribution in [2.45, 2.75) is 0 Å². The van der Waals surface area contributed by atoms with Gasteiger partial charge >= 0.3 is 5.97 Å². The van der Waals surface area contributed by atoms with Crippen molar-refractivity contribution >= 4 is 34.9 Å². The topological polar surface area (TPSA) is 108 Å². The first-order valence-electron chi connectivity index (χ1n) is 6.95. The normalized spacial score (nSPS) is 10.0. The molecule has 0 radical (unpaired) electrons. The molecule has 1 amide bonds. The van der Waals surface area contributed by atoms with Gasteiger partial charge < -0.3 is 14.8 Å². The number of carbonyl (C=O) groups is 2. The van der Waals surface area contributed by atoms with Crippen LogP contribution >= 0.6 is 11.6 Å². The van der Waals surface area contributed by atoms with E-state index in [1.807, 2.05) is 0 Å². The summed E-state index contributed by atoms with van der Waals surface area (Å²) in [6.07, 6.45) is 0. The van der Waals surface area contributed by atoms with Crippen molar-refractivity contribution in [2.24, 2.45) is 0 Å². The lowest BCUT2D eigenvalue weighted by molar-refractivity contribution is -0.384. The SMILES string of the molecule is COc1ccc(NC(=O)COC(=O)c2cccc(Cl)c2)c([N+](=O)[O-])c1. The van der Waals surface area contributed by atoms with E-state index < -0.39 is 23.4 Å². The van der Waals surface area contributed by atoms with Gasteiger partial charge in [0.1, 0.15) is 11.4 Å². The summed E-state index contributed by atoms with van der Waals surface area (Å²) in [5.74, 6) is -1.18. The zero-order valence-electron chi connectivity index (χ0n) is 13.0. The van der Waals surface area contributed by atoms with E-state index in [4.69, 9.17) is 21.1 Å². The van der Waals surface area contributed by atoms with E-state index in [1.165, 1.54) is 37.4 Å². The smallest absolute Gasteiger partial charge is 0.338 e. The summed E-state index contributed by atoms with van der Waals surface area (Å²) in [7, 11) is 1.37. The maximum atomic E-state index is 11.9. The lowest BCUT2D eigenvalue weighted by atomic mass is 10.2. The Hall–Kier alpha value is -3.13. The largest absolute Gasteiger partial charge is 0.496 e. The highest BCUT2D eigenvalue weighted by molar-refractivity contribution is 6.30. The molecule has 130 valence electrons. The minimum absolute atomic E-state index is 0.0328. The number of nitrogens with one attached hydrogen (secondary N) is 1. The van der Waals surface area contributed by atoms with Gasteiger partial charge in [0.2, 0.25) is 0 Å². The highest BCUT2D eigenvalue weighted by atomic mass is 35.5. The third-order valence-corrected chi connectivity index (χ3v) is 3.31. The summed E-state index contributed by atoms with van der Waals surface area (Å²) in [4.78, 5) is 34.1. The number of anilines is 1. The summed E-state index contributed by atoms with van der Waals surface area (Å²) in [5.41, 5.74) is -0.181. The predicted molar refractivity (Wildman–Crippen MR) is 90.0 cm³/mol. The van der Waals surface area contributed by atoms with Gasteiger partial charge in [0, 0.05) is 5.02 Å². The second-order valence-electron chi connectivity index (χ2n) is 4.77. The Kier molecular flexibility index (Phi) is 5.91. The Morgan fingerprint density at radius 3 is 2.64 bits per heavy atom. The van der Waals surface area contributed by atoms with Crippen molar-refractivity contribution in [3.63, 3.8) is 0 Å². The second-order valence-corrected chi connectivity index (χ2v) is 5.21. The van der Waals surface area contributed by atoms with E-state index in [0.29, 0.717) is 5.02 Å². The Bertz CT molecular complexity index is 824. The zero-order chi connectivity index (χ0) is 18.4. The summed E-state index contributed by atoms with van der Waals surface area (Å²) in [6, 6.07) is 10.0. The van der Waals surface area contributed by atoms with E-state index >= 15 is 0 Å². The number of hydrogen-bond acceptors (Lipinski definition) is 6. The van der Waals surface area contributed by atoms with Crippen LogP contribution in [0.25, 0.3) is 0 Å². The molecule has 0 bridgehead atoms. The quantitative estimate of drug-likeness (QED) is 0.479. The monoisotopic (exact) mass is 364 g/mol. The maximum absolute atomic E-state index is 11.9. The van der Waals surface area contributed by atoms with Gasteiger partial charge in [0.05, 0.1) is 23.7 Å². The summed E-state index contributed by atoms with van der Waals surface area (Å²) >= 11 is 5.77. The molecule has 2 aromatic carbocycles. The van der Waals surface area contributed by atoms with Gasteiger partial charge in [-0.1, -0.05) is 17.7 Å². The average molecular weight is 365 g/mol. The fourth-order valence-electron chi connectivity index (χ4n) is 1.91. The van der Waals surface area contributed by atoms with Crippen LogP contribution in [0.4, 0.5) is 11.4 Å². The third kappa shape index (κ3) is 4.92. The van der Waals surface area contributed by atoms with E-state index in [1.54, 1.807) is 12.1 Å². The lowest BCUT2D eigenvalue weighted by Gasteiger charge is -2.08. The van der Waals surface area contributed by atoms with Crippen molar-refractivity contribution in [1.82, 2.24) is 0 Å². The summed E-state index contributed by atoms with van der Waals surface area (Å²) in [5, 5.41) is 13.7. The Balaban J connectivity index is 2.01. The van der Waals surface area contributed by atoms with Crippen molar-refractivity contribution in [2.75, 3.05) is 19.0 Å². The van der Waals surface area contributed by atoms with Crippen molar-refractivity contribution in [3.8, 4) is 5.75 Å². The number of benzene rings is 2. The van der Waals surface area contributed by atoms with Gasteiger partial charge in [0.15, 0.2) is 6.61 Å². The van der Waals surface area contributed by atoms with E-state index in [2.05, 4.69) is 5.32 Å². The maximum Gasteiger partial charge on any atom is 0.338 e. The Morgan fingerprint density at radius 2 is 2.00 bits per heavy atom. The molecule has 25 heavy (non-hydrogen) atoms. The number of nitro benzene ring substituents is 1. The number of methoxy groups -OCH3 is 1. The molecular formula is C16H13ClN2O6. The van der Waals surface area contributed by atoms with Crippen LogP contribution in [0.2, 0.25) is 5.02 Å². The van der Waals surface area contributed by atoms with Crippen LogP contribution in [0, 0.1) is 10.1 Å². The summed E-state index contributed by atoms with van der Waals surface area (Å²) < 4.78 is 9.76. The van der Waals surface area contributed by atoms with E-state index in [9.17, 15) is 19.7 Å². The number of amides is 1. The van der Waals surface area contributed by atoms with Crippen LogP contribution in [0.3, 0.4) is 0 Å². The zero-order valence-corrected chi connectivity index (χ0v) is 13.8. The molecular weight excluding hydrogens is 352 g/mol. The molecule has 0 fully saturated rings. The predicted octanol–water partition coefficient (Wildman–Crippen LogP) is 3.05. The van der Waals surface area contributed by atoms with Crippen LogP contribution < -0.4 is 10.1 Å². The first-order valence-corrected chi connectivity index (χ1v) is 7.33. The first kappa shape index (κ1) is 18.2. The average Bonchev–Trinajstić information content (AvgIpc) is 2.59. The number of halogens is 1. The molecule has 0 atom stereocenters. The molecule has 2 aromatic rings. The number of nitrogens with zero attached hydrogens (tertiary/aromatic N) is 1. The molecule has 0 aromatic heterocycles. The highest BCUT2D eigenvalue weighted by Gasteiger charge is 2.18. The van der Waals surface area contributed by atoms with Crippen LogP contribution in [0.5, 0.6) is 5.75 Å². The van der Waals surface area contributed by atoms with Crippen molar-refractivity contribution in [3.05, 3.63) is 63.2 Å². The van der Waals surface area contributed by atoms with Gasteiger partial charge in [-0.25, -0.2) is 4.79 Å². The van der Waals surface area contributed by atoms with E-state index in [-0.39, 0.29) is 22.7 Å². The summed E-state index contributed by atoms with van der Waals surface area (Å²) in [6.45, 7) is -0.603. The minimum Gasteiger partial charge on any atom is -0.496 e. The van der Waals surface area contributed by atoms with Gasteiger partial charge in [-0.05, 0) is 30.3 Å². The molecule has 0 saturated carbocycles. The Morgan fingerprint density at radius 1 is 1.24 bits per heavy atom. The fraction of sp³-hybridized carbons (Fsp3) is 0.125. The van der Waals surface area contributed by atoms with Crippen LogP contribution in [-0.2, 0) is 9.53 Å². The third-order valence-electron chi connectivity index (χ3n) is 3.07. The fourth-order valence-corrected chi connectivity index (χ4v) is 2.10. The molecule has 0 aliphatic rings. The molecule has 0 aliphatic carbocycles. The van der Waals surface area contributed by atoms with Gasteiger partial charge in [-0.15, -0.1) is 0 Å². The van der Waals surface area contributed by atoms with Crippen molar-refractivity contribution < 1.29 is 24.0 Å². The molecule has 9 heteroatoms. The van der Waals surface area contributed by atoms with Crippen LogP contribution in [0.1, 0.15) is 10.4 Å². The number of carbonyl (C=O) groups excluding carboxylic acids is 2. The van der Waals surface area contributed by atoms with Crippen molar-refractivity contribution in [1.29, 1.82) is 0 Å². The number of rotatable bonds is 6. The first-order chi connectivity index (χ1) is 11.9. The lowest BCUT2D eigenvalue weighted by Crippen LogP contribution is -2.21. The molecule has 0 aliphatic heterocycles. The minimum atomic E-state index is -0.734. The van der Waals surface area contributed by atoms with Gasteiger partial charge in [-0.3, -0.25) is 14.9 Å². The second kappa shape index (κ2) is 8.11. The Labute approximate surface area is 147 Å². The number of hydrogen-bond donors (Lipinski definition) is 1. The molecule has 0 saturated heterocycles. The number of esters is 1. The van der Waals surface area contributed by atoms with Crippen LogP contribution in [0.15, 0.2) is 42.5 Å². The number of ether oxygens (including phenoxy) is 2. The molecule has 0 unspecified atom stereocenters. The standard InChI is InChI=1S/C16H13ClN2O6/c1-24-12-5-6-13(14(8-12)19(22)23)18-15(20)9-25-16(21)10-3-2-4-11(17)7-10/h2-8H,9H2,1H3,(H,18,20).